The van der Waals surface area contributed by atoms with E-state index in [1.165, 1.54) is 27.8 Å². The summed E-state index contributed by atoms with van der Waals surface area (Å²) in [5, 5.41) is 1.34. The third-order valence-corrected chi connectivity index (χ3v) is 8.96. The standard InChI is InChI=1S/C23H22BrF5N2O3S2/c24-20-18-4-1-2-5-19(18)35-21(20)31(36(32)33)13-16(30-11-3-10-22(25,26)14-30)12-15-6-8-17(9-7-15)34-23(27,28)29/h1-2,4-9,16H,3,10-14H2,(H,32,33). The van der Waals surface area contributed by atoms with Crippen LogP contribution in [0.25, 0.3) is 10.1 Å². The van der Waals surface area contributed by atoms with E-state index in [0.29, 0.717) is 21.6 Å². The number of benzene rings is 2. The van der Waals surface area contributed by atoms with Gasteiger partial charge in [0.05, 0.1) is 17.6 Å². The Kier molecular flexibility index (Phi) is 8.25. The van der Waals surface area contributed by atoms with E-state index in [1.807, 2.05) is 24.3 Å². The van der Waals surface area contributed by atoms with Gasteiger partial charge in [0, 0.05) is 22.5 Å². The lowest BCUT2D eigenvalue weighted by atomic mass is 10.00. The first kappa shape index (κ1) is 27.2. The highest BCUT2D eigenvalue weighted by Gasteiger charge is 2.39. The number of piperidine rings is 1. The monoisotopic (exact) mass is 612 g/mol. The van der Waals surface area contributed by atoms with Gasteiger partial charge < -0.3 is 4.74 Å². The number of anilines is 1. The maximum atomic E-state index is 14.3. The van der Waals surface area contributed by atoms with Crippen molar-refractivity contribution in [2.75, 3.05) is 23.9 Å². The van der Waals surface area contributed by atoms with Crippen LogP contribution in [0, 0.1) is 0 Å². The van der Waals surface area contributed by atoms with Crippen LogP contribution in [0.1, 0.15) is 18.4 Å². The zero-order valence-electron chi connectivity index (χ0n) is 18.7. The Labute approximate surface area is 219 Å². The lowest BCUT2D eigenvalue weighted by Gasteiger charge is -2.39. The molecule has 1 saturated heterocycles. The van der Waals surface area contributed by atoms with E-state index >= 15 is 0 Å². The van der Waals surface area contributed by atoms with E-state index in [2.05, 4.69) is 20.7 Å². The van der Waals surface area contributed by atoms with Gasteiger partial charge in [-0.25, -0.2) is 13.0 Å². The Morgan fingerprint density at radius 1 is 1.19 bits per heavy atom. The molecule has 36 heavy (non-hydrogen) atoms. The van der Waals surface area contributed by atoms with E-state index in [0.717, 1.165) is 22.2 Å². The fourth-order valence-corrected chi connectivity index (χ4v) is 7.18. The Balaban J connectivity index is 1.63. The Bertz CT molecular complexity index is 1220. The Morgan fingerprint density at radius 3 is 2.50 bits per heavy atom. The van der Waals surface area contributed by atoms with Crippen LogP contribution in [0.5, 0.6) is 5.75 Å². The molecule has 196 valence electrons. The van der Waals surface area contributed by atoms with Gasteiger partial charge in [-0.15, -0.1) is 24.5 Å². The summed E-state index contributed by atoms with van der Waals surface area (Å²) in [5.74, 6) is -3.29. The summed E-state index contributed by atoms with van der Waals surface area (Å²) in [4.78, 5) is 1.59. The lowest BCUT2D eigenvalue weighted by molar-refractivity contribution is -0.274. The topological polar surface area (TPSA) is 53.0 Å². The molecule has 1 N–H and O–H groups in total. The second-order valence-electron chi connectivity index (χ2n) is 8.49. The van der Waals surface area contributed by atoms with Crippen molar-refractivity contribution < 1.29 is 35.5 Å². The highest BCUT2D eigenvalue weighted by molar-refractivity contribution is 9.10. The summed E-state index contributed by atoms with van der Waals surface area (Å²) in [7, 11) is 0. The van der Waals surface area contributed by atoms with Crippen LogP contribution in [0.2, 0.25) is 0 Å². The zero-order valence-corrected chi connectivity index (χ0v) is 21.9. The molecule has 0 saturated carbocycles. The molecule has 1 aromatic heterocycles. The third-order valence-electron chi connectivity index (χ3n) is 5.88. The minimum atomic E-state index is -4.83. The molecule has 1 aliphatic heterocycles. The summed E-state index contributed by atoms with van der Waals surface area (Å²) >= 11 is 2.35. The molecule has 0 amide bonds. The highest BCUT2D eigenvalue weighted by Crippen LogP contribution is 2.43. The lowest BCUT2D eigenvalue weighted by Crippen LogP contribution is -2.52. The number of nitrogens with zero attached hydrogens (tertiary/aromatic N) is 2. The van der Waals surface area contributed by atoms with Crippen molar-refractivity contribution in [2.45, 2.75) is 37.6 Å². The molecule has 1 fully saturated rings. The number of rotatable bonds is 8. The number of fused-ring (bicyclic) bond motifs is 1. The predicted molar refractivity (Wildman–Crippen MR) is 134 cm³/mol. The molecule has 1 aliphatic rings. The maximum Gasteiger partial charge on any atom is 0.573 e. The molecule has 0 bridgehead atoms. The fraction of sp³-hybridized carbons (Fsp3) is 0.391. The first-order chi connectivity index (χ1) is 16.9. The van der Waals surface area contributed by atoms with Crippen molar-refractivity contribution in [2.24, 2.45) is 0 Å². The van der Waals surface area contributed by atoms with Crippen molar-refractivity contribution in [3.8, 4) is 5.75 Å². The summed E-state index contributed by atoms with van der Waals surface area (Å²) in [6.45, 7) is -0.188. The van der Waals surface area contributed by atoms with Crippen molar-refractivity contribution in [1.82, 2.24) is 4.90 Å². The van der Waals surface area contributed by atoms with E-state index in [-0.39, 0.29) is 31.6 Å². The number of halogens is 6. The number of likely N-dealkylation sites (tertiary alicyclic amines) is 1. The molecule has 2 aromatic carbocycles. The minimum Gasteiger partial charge on any atom is -0.406 e. The third kappa shape index (κ3) is 6.74. The molecule has 0 aliphatic carbocycles. The zero-order chi connectivity index (χ0) is 26.1. The SMILES string of the molecule is O=S(O)N(CC(Cc1ccc(OC(F)(F)F)cc1)N1CCCC(F)(F)C1)c1sc2ccccc2c1Br. The number of alkyl halides is 5. The average Bonchev–Trinajstić information content (AvgIpc) is 3.12. The van der Waals surface area contributed by atoms with E-state index in [1.54, 1.807) is 4.90 Å². The second kappa shape index (κ2) is 10.9. The van der Waals surface area contributed by atoms with Crippen LogP contribution in [0.4, 0.5) is 27.0 Å². The van der Waals surface area contributed by atoms with E-state index < -0.39 is 36.1 Å². The molecule has 0 radical (unpaired) electrons. The number of hydrogen-bond donors (Lipinski definition) is 1. The molecular formula is C23H22BrF5N2O3S2. The van der Waals surface area contributed by atoms with Crippen molar-refractivity contribution in [1.29, 1.82) is 0 Å². The largest absolute Gasteiger partial charge is 0.573 e. The van der Waals surface area contributed by atoms with Crippen molar-refractivity contribution in [3.63, 3.8) is 0 Å². The van der Waals surface area contributed by atoms with Gasteiger partial charge in [0.15, 0.2) is 0 Å². The van der Waals surface area contributed by atoms with Crippen molar-refractivity contribution >= 4 is 53.6 Å². The molecule has 2 heterocycles. The Hall–Kier alpha value is -1.80. The normalized spacial score (nSPS) is 18.2. The first-order valence-electron chi connectivity index (χ1n) is 10.9. The number of thiophene rings is 1. The van der Waals surface area contributed by atoms with Crippen LogP contribution in [-0.4, -0.2) is 51.6 Å². The van der Waals surface area contributed by atoms with Gasteiger partial charge >= 0.3 is 6.36 Å². The molecular weight excluding hydrogens is 591 g/mol. The highest BCUT2D eigenvalue weighted by atomic mass is 79.9. The molecule has 0 spiro atoms. The summed E-state index contributed by atoms with van der Waals surface area (Å²) in [5.41, 5.74) is 0.586. The summed E-state index contributed by atoms with van der Waals surface area (Å²) < 4.78 is 95.4. The molecule has 2 atom stereocenters. The van der Waals surface area contributed by atoms with Gasteiger partial charge in [0.2, 0.25) is 0 Å². The van der Waals surface area contributed by atoms with Crippen LogP contribution >= 0.6 is 27.3 Å². The quantitative estimate of drug-likeness (QED) is 0.223. The van der Waals surface area contributed by atoms with Crippen LogP contribution < -0.4 is 9.04 Å². The van der Waals surface area contributed by atoms with Crippen molar-refractivity contribution in [3.05, 3.63) is 58.6 Å². The van der Waals surface area contributed by atoms with Crippen LogP contribution in [-0.2, 0) is 17.7 Å². The Morgan fingerprint density at radius 2 is 1.89 bits per heavy atom. The maximum absolute atomic E-state index is 14.3. The molecule has 5 nitrogen and oxygen atoms in total. The van der Waals surface area contributed by atoms with Gasteiger partial charge in [-0.2, -0.15) is 0 Å². The molecule has 4 rings (SSSR count). The van der Waals surface area contributed by atoms with Crippen LogP contribution in [0.3, 0.4) is 0 Å². The average molecular weight is 613 g/mol. The van der Waals surface area contributed by atoms with Gasteiger partial charge in [-0.05, 0) is 59.1 Å². The predicted octanol–water partition coefficient (Wildman–Crippen LogP) is 6.85. The van der Waals surface area contributed by atoms with Crippen LogP contribution in [0.15, 0.2) is 53.0 Å². The minimum absolute atomic E-state index is 0.0502. The summed E-state index contributed by atoms with van der Waals surface area (Å²) in [6.07, 6.45) is -4.63. The van der Waals surface area contributed by atoms with E-state index in [4.69, 9.17) is 0 Å². The number of ether oxygens (including phenoxy) is 1. The van der Waals surface area contributed by atoms with Gasteiger partial charge in [0.25, 0.3) is 17.2 Å². The molecule has 3 aromatic rings. The second-order valence-corrected chi connectivity index (χ2v) is 11.2. The van der Waals surface area contributed by atoms with E-state index in [9.17, 15) is 30.7 Å². The summed E-state index contributed by atoms with van der Waals surface area (Å²) in [6, 6.07) is 12.0. The fourth-order valence-electron chi connectivity index (χ4n) is 4.29. The number of hydrogen-bond acceptors (Lipinski definition) is 4. The van der Waals surface area contributed by atoms with Gasteiger partial charge in [0.1, 0.15) is 10.8 Å². The first-order valence-corrected chi connectivity index (χ1v) is 13.6. The molecule has 13 heteroatoms. The van der Waals surface area contributed by atoms with Gasteiger partial charge in [-0.1, -0.05) is 30.3 Å². The van der Waals surface area contributed by atoms with Gasteiger partial charge in [-0.3, -0.25) is 13.8 Å². The smallest absolute Gasteiger partial charge is 0.406 e. The molecule has 2 unspecified atom stereocenters.